The average Bonchev–Trinajstić information content (AvgIpc) is 2.43. The van der Waals surface area contributed by atoms with Crippen LogP contribution < -0.4 is 5.32 Å². The molecule has 2 aliphatic carbocycles. The van der Waals surface area contributed by atoms with Crippen molar-refractivity contribution >= 4 is 0 Å². The predicted octanol–water partition coefficient (Wildman–Crippen LogP) is 5.40. The fourth-order valence-corrected chi connectivity index (χ4v) is 4.61. The quantitative estimate of drug-likeness (QED) is 0.727. The molecule has 0 aromatic rings. The Bertz CT molecular complexity index is 278. The minimum atomic E-state index is 0.552. The number of rotatable bonds is 4. The molecule has 2 fully saturated rings. The third-order valence-corrected chi connectivity index (χ3v) is 6.72. The van der Waals surface area contributed by atoms with Crippen molar-refractivity contribution in [3.63, 3.8) is 0 Å². The zero-order valence-electron chi connectivity index (χ0n) is 14.5. The van der Waals surface area contributed by atoms with E-state index in [0.717, 1.165) is 29.8 Å². The van der Waals surface area contributed by atoms with Gasteiger partial charge < -0.3 is 5.32 Å². The smallest absolute Gasteiger partial charge is 0.0121 e. The number of hydrogen-bond acceptors (Lipinski definition) is 1. The van der Waals surface area contributed by atoms with Gasteiger partial charge in [0.25, 0.3) is 0 Å². The van der Waals surface area contributed by atoms with Crippen LogP contribution in [0.1, 0.15) is 86.0 Å². The maximum atomic E-state index is 4.05. The summed E-state index contributed by atoms with van der Waals surface area (Å²) in [6, 6.07) is 1.58. The van der Waals surface area contributed by atoms with Gasteiger partial charge in [-0.1, -0.05) is 47.5 Å². The molecule has 2 atom stereocenters. The first kappa shape index (κ1) is 16.3. The second-order valence-corrected chi connectivity index (χ2v) is 8.47. The van der Waals surface area contributed by atoms with E-state index in [1.807, 2.05) is 0 Å². The number of nitrogens with one attached hydrogen (secondary N) is 1. The van der Waals surface area contributed by atoms with Crippen LogP contribution in [0.4, 0.5) is 0 Å². The second kappa shape index (κ2) is 6.81. The van der Waals surface area contributed by atoms with E-state index >= 15 is 0 Å². The monoisotopic (exact) mass is 279 g/mol. The first-order chi connectivity index (χ1) is 9.44. The van der Waals surface area contributed by atoms with E-state index in [1.54, 1.807) is 0 Å². The van der Waals surface area contributed by atoms with E-state index in [4.69, 9.17) is 0 Å². The Morgan fingerprint density at radius 3 is 1.95 bits per heavy atom. The molecule has 118 valence electrons. The molecule has 1 nitrogen and oxygen atoms in total. The summed E-state index contributed by atoms with van der Waals surface area (Å²) in [5.74, 6) is 2.71. The summed E-state index contributed by atoms with van der Waals surface area (Å²) in [5.41, 5.74) is 0.552. The Balaban J connectivity index is 1.82. The van der Waals surface area contributed by atoms with E-state index in [2.05, 4.69) is 39.9 Å². The van der Waals surface area contributed by atoms with E-state index < -0.39 is 0 Å². The van der Waals surface area contributed by atoms with Crippen molar-refractivity contribution in [2.45, 2.75) is 98.1 Å². The van der Waals surface area contributed by atoms with Gasteiger partial charge in [0.1, 0.15) is 0 Å². The largest absolute Gasteiger partial charge is 0.311 e. The van der Waals surface area contributed by atoms with Gasteiger partial charge >= 0.3 is 0 Å². The summed E-state index contributed by atoms with van der Waals surface area (Å²) < 4.78 is 0. The maximum absolute atomic E-state index is 4.05. The standard InChI is InChI=1S/C19H37N/c1-6-19(4,5)16-10-12-17(13-11-16)20-18-14(2)8-7-9-15(18)3/h14-18,20H,6-13H2,1-5H3. The Morgan fingerprint density at radius 2 is 1.45 bits per heavy atom. The molecule has 0 aromatic heterocycles. The molecule has 0 radical (unpaired) electrons. The molecule has 2 saturated carbocycles. The molecule has 20 heavy (non-hydrogen) atoms. The van der Waals surface area contributed by atoms with Gasteiger partial charge in [-0.15, -0.1) is 0 Å². The highest BCUT2D eigenvalue weighted by Crippen LogP contribution is 2.41. The van der Waals surface area contributed by atoms with Gasteiger partial charge in [0.05, 0.1) is 0 Å². The van der Waals surface area contributed by atoms with Crippen LogP contribution in [-0.4, -0.2) is 12.1 Å². The van der Waals surface area contributed by atoms with Crippen LogP contribution in [-0.2, 0) is 0 Å². The SMILES string of the molecule is CCC(C)(C)C1CCC(NC2C(C)CCCC2C)CC1. The fraction of sp³-hybridized carbons (Fsp3) is 1.00. The van der Waals surface area contributed by atoms with Crippen LogP contribution >= 0.6 is 0 Å². The van der Waals surface area contributed by atoms with E-state index in [9.17, 15) is 0 Å². The molecule has 1 heteroatoms. The summed E-state index contributed by atoms with van der Waals surface area (Å²) in [6.45, 7) is 12.2. The van der Waals surface area contributed by atoms with Crippen molar-refractivity contribution in [3.8, 4) is 0 Å². The normalized spacial score (nSPS) is 39.8. The van der Waals surface area contributed by atoms with Gasteiger partial charge in [-0.25, -0.2) is 0 Å². The predicted molar refractivity (Wildman–Crippen MR) is 88.9 cm³/mol. The van der Waals surface area contributed by atoms with Gasteiger partial charge in [0, 0.05) is 12.1 Å². The van der Waals surface area contributed by atoms with E-state index in [0.29, 0.717) is 5.41 Å². The van der Waals surface area contributed by atoms with Crippen LogP contribution in [0.3, 0.4) is 0 Å². The van der Waals surface area contributed by atoms with E-state index in [1.165, 1.54) is 51.4 Å². The lowest BCUT2D eigenvalue weighted by Gasteiger charge is -2.42. The Morgan fingerprint density at radius 1 is 0.900 bits per heavy atom. The van der Waals surface area contributed by atoms with Crippen molar-refractivity contribution in [3.05, 3.63) is 0 Å². The summed E-state index contributed by atoms with van der Waals surface area (Å²) in [4.78, 5) is 0. The molecule has 0 aromatic carbocycles. The van der Waals surface area contributed by atoms with Crippen LogP contribution in [0.15, 0.2) is 0 Å². The van der Waals surface area contributed by atoms with Crippen molar-refractivity contribution in [1.29, 1.82) is 0 Å². The Labute approximate surface area is 127 Å². The van der Waals surface area contributed by atoms with Gasteiger partial charge in [-0.3, -0.25) is 0 Å². The Kier molecular flexibility index (Phi) is 5.56. The van der Waals surface area contributed by atoms with Crippen LogP contribution in [0.25, 0.3) is 0 Å². The molecule has 2 unspecified atom stereocenters. The molecule has 0 bridgehead atoms. The highest BCUT2D eigenvalue weighted by atomic mass is 15.0. The van der Waals surface area contributed by atoms with Gasteiger partial charge in [0.15, 0.2) is 0 Å². The van der Waals surface area contributed by atoms with Crippen molar-refractivity contribution < 1.29 is 0 Å². The van der Waals surface area contributed by atoms with Crippen LogP contribution in [0.2, 0.25) is 0 Å². The van der Waals surface area contributed by atoms with Crippen LogP contribution in [0, 0.1) is 23.2 Å². The number of hydrogen-bond donors (Lipinski definition) is 1. The first-order valence-electron chi connectivity index (χ1n) is 9.20. The third-order valence-electron chi connectivity index (χ3n) is 6.72. The zero-order valence-corrected chi connectivity index (χ0v) is 14.5. The molecule has 1 N–H and O–H groups in total. The lowest BCUT2D eigenvalue weighted by atomic mass is 9.68. The Hall–Kier alpha value is -0.0400. The first-order valence-corrected chi connectivity index (χ1v) is 9.20. The zero-order chi connectivity index (χ0) is 14.8. The average molecular weight is 280 g/mol. The molecule has 0 heterocycles. The van der Waals surface area contributed by atoms with Gasteiger partial charge in [0.2, 0.25) is 0 Å². The summed E-state index contributed by atoms with van der Waals surface area (Å²) in [5, 5.41) is 4.05. The third kappa shape index (κ3) is 3.78. The lowest BCUT2D eigenvalue weighted by Crippen LogP contribution is -2.49. The second-order valence-electron chi connectivity index (χ2n) is 8.47. The molecule has 0 spiro atoms. The summed E-state index contributed by atoms with van der Waals surface area (Å²) in [6.07, 6.45) is 11.3. The molecule has 0 amide bonds. The van der Waals surface area contributed by atoms with E-state index in [-0.39, 0.29) is 0 Å². The fourth-order valence-electron chi connectivity index (χ4n) is 4.61. The van der Waals surface area contributed by atoms with Crippen molar-refractivity contribution in [2.75, 3.05) is 0 Å². The maximum Gasteiger partial charge on any atom is 0.0121 e. The topological polar surface area (TPSA) is 12.0 Å². The molecular formula is C19H37N. The summed E-state index contributed by atoms with van der Waals surface area (Å²) >= 11 is 0. The lowest BCUT2D eigenvalue weighted by molar-refractivity contribution is 0.117. The minimum Gasteiger partial charge on any atom is -0.311 e. The van der Waals surface area contributed by atoms with Gasteiger partial charge in [-0.05, 0) is 61.7 Å². The highest BCUT2D eigenvalue weighted by molar-refractivity contribution is 4.90. The highest BCUT2D eigenvalue weighted by Gasteiger charge is 2.34. The van der Waals surface area contributed by atoms with Crippen molar-refractivity contribution in [2.24, 2.45) is 23.2 Å². The van der Waals surface area contributed by atoms with Crippen molar-refractivity contribution in [1.82, 2.24) is 5.32 Å². The molecule has 0 aliphatic heterocycles. The molecule has 2 aliphatic rings. The molecular weight excluding hydrogens is 242 g/mol. The molecule has 2 rings (SSSR count). The van der Waals surface area contributed by atoms with Crippen LogP contribution in [0.5, 0.6) is 0 Å². The molecule has 0 saturated heterocycles. The van der Waals surface area contributed by atoms with Gasteiger partial charge in [-0.2, -0.15) is 0 Å². The minimum absolute atomic E-state index is 0.552. The summed E-state index contributed by atoms with van der Waals surface area (Å²) in [7, 11) is 0.